The maximum absolute atomic E-state index is 6.36. The van der Waals surface area contributed by atoms with E-state index in [0.717, 1.165) is 49.1 Å². The Morgan fingerprint density at radius 3 is 2.74 bits per heavy atom. The van der Waals surface area contributed by atoms with Crippen LogP contribution in [0.15, 0.2) is 0 Å². The molecule has 0 spiro atoms. The molecule has 1 aromatic rings. The van der Waals surface area contributed by atoms with Crippen LogP contribution in [0.5, 0.6) is 0 Å². The van der Waals surface area contributed by atoms with Crippen LogP contribution in [0, 0.1) is 5.92 Å². The summed E-state index contributed by atoms with van der Waals surface area (Å²) in [6.07, 6.45) is 3.29. The molecule has 1 aromatic heterocycles. The zero-order valence-corrected chi connectivity index (χ0v) is 12.7. The first kappa shape index (κ1) is 14.8. The van der Waals surface area contributed by atoms with E-state index in [1.165, 1.54) is 12.8 Å². The van der Waals surface area contributed by atoms with Crippen LogP contribution in [0.2, 0.25) is 5.02 Å². The van der Waals surface area contributed by atoms with E-state index >= 15 is 0 Å². The molecule has 0 aliphatic carbocycles. The summed E-state index contributed by atoms with van der Waals surface area (Å²) in [6, 6.07) is 0. The molecule has 0 radical (unpaired) electrons. The summed E-state index contributed by atoms with van der Waals surface area (Å²) in [4.78, 5) is 0. The molecule has 2 rings (SSSR count). The van der Waals surface area contributed by atoms with Crippen molar-refractivity contribution in [3.8, 4) is 0 Å². The second-order valence-electron chi connectivity index (χ2n) is 5.09. The molecule has 108 valence electrons. The molecule has 2 heterocycles. The second kappa shape index (κ2) is 7.27. The van der Waals surface area contributed by atoms with Crippen LogP contribution in [0.4, 0.5) is 0 Å². The summed E-state index contributed by atoms with van der Waals surface area (Å²) in [7, 11) is 0. The minimum atomic E-state index is 0.573. The molecular formula is C14H24ClN3O. The van der Waals surface area contributed by atoms with E-state index in [1.54, 1.807) is 0 Å². The van der Waals surface area contributed by atoms with Crippen molar-refractivity contribution in [1.82, 2.24) is 15.1 Å². The zero-order chi connectivity index (χ0) is 13.7. The highest BCUT2D eigenvalue weighted by atomic mass is 35.5. The van der Waals surface area contributed by atoms with E-state index in [4.69, 9.17) is 16.3 Å². The summed E-state index contributed by atoms with van der Waals surface area (Å²) in [6.45, 7) is 8.62. The van der Waals surface area contributed by atoms with Crippen molar-refractivity contribution in [3.63, 3.8) is 0 Å². The molecule has 0 unspecified atom stereocenters. The fourth-order valence-corrected chi connectivity index (χ4v) is 2.85. The minimum absolute atomic E-state index is 0.573. The molecule has 4 nitrogen and oxygen atoms in total. The van der Waals surface area contributed by atoms with Crippen molar-refractivity contribution in [2.45, 2.75) is 46.3 Å². The average Bonchev–Trinajstić information content (AvgIpc) is 2.76. The van der Waals surface area contributed by atoms with Gasteiger partial charge in [-0.05, 0) is 45.2 Å². The molecule has 1 fully saturated rings. The number of ether oxygens (including phenoxy) is 1. The van der Waals surface area contributed by atoms with E-state index in [9.17, 15) is 0 Å². The van der Waals surface area contributed by atoms with Crippen LogP contribution in [-0.2, 0) is 24.3 Å². The van der Waals surface area contributed by atoms with E-state index in [2.05, 4.69) is 24.3 Å². The number of nitrogens with one attached hydrogen (secondary N) is 1. The highest BCUT2D eigenvalue weighted by Gasteiger charge is 2.16. The molecule has 0 atom stereocenters. The molecule has 1 aliphatic heterocycles. The molecule has 0 amide bonds. The van der Waals surface area contributed by atoms with Crippen LogP contribution in [0.3, 0.4) is 0 Å². The van der Waals surface area contributed by atoms with Crippen LogP contribution >= 0.6 is 11.6 Å². The predicted octanol–water partition coefficient (Wildman–Crippen LogP) is 2.64. The van der Waals surface area contributed by atoms with Crippen LogP contribution in [0.1, 0.15) is 38.1 Å². The third-order valence-corrected chi connectivity index (χ3v) is 4.18. The van der Waals surface area contributed by atoms with Gasteiger partial charge in [0.05, 0.1) is 29.6 Å². The van der Waals surface area contributed by atoms with Crippen molar-refractivity contribution in [2.24, 2.45) is 5.92 Å². The second-order valence-corrected chi connectivity index (χ2v) is 5.46. The quantitative estimate of drug-likeness (QED) is 0.873. The van der Waals surface area contributed by atoms with E-state index in [1.807, 2.05) is 4.68 Å². The number of rotatable bonds is 6. The number of aromatic nitrogens is 2. The van der Waals surface area contributed by atoms with Gasteiger partial charge < -0.3 is 10.1 Å². The molecule has 0 aromatic carbocycles. The maximum Gasteiger partial charge on any atom is 0.0900 e. The number of hydrogen-bond donors (Lipinski definition) is 1. The monoisotopic (exact) mass is 285 g/mol. The topological polar surface area (TPSA) is 39.1 Å². The Labute approximate surface area is 120 Å². The van der Waals surface area contributed by atoms with Crippen molar-refractivity contribution in [1.29, 1.82) is 0 Å². The van der Waals surface area contributed by atoms with E-state index in [-0.39, 0.29) is 0 Å². The number of hydrogen-bond acceptors (Lipinski definition) is 3. The molecule has 19 heavy (non-hydrogen) atoms. The highest BCUT2D eigenvalue weighted by Crippen LogP contribution is 2.23. The third-order valence-electron chi connectivity index (χ3n) is 3.75. The average molecular weight is 286 g/mol. The van der Waals surface area contributed by atoms with Gasteiger partial charge in [-0.1, -0.05) is 18.5 Å². The van der Waals surface area contributed by atoms with E-state index in [0.29, 0.717) is 12.5 Å². The third kappa shape index (κ3) is 3.71. The standard InChI is InChI=1S/C14H24ClN3O/c1-3-12-14(15)13(18(4-2)17-12)10-19-9-11-5-7-16-8-6-11/h11,16H,3-10H2,1-2H3. The Balaban J connectivity index is 1.89. The minimum Gasteiger partial charge on any atom is -0.375 e. The van der Waals surface area contributed by atoms with Gasteiger partial charge in [0.2, 0.25) is 0 Å². The van der Waals surface area contributed by atoms with Crippen LogP contribution in [0.25, 0.3) is 0 Å². The Morgan fingerprint density at radius 2 is 2.11 bits per heavy atom. The zero-order valence-electron chi connectivity index (χ0n) is 11.9. The van der Waals surface area contributed by atoms with Crippen molar-refractivity contribution in [3.05, 3.63) is 16.4 Å². The molecule has 0 saturated carbocycles. The van der Waals surface area contributed by atoms with Crippen molar-refractivity contribution >= 4 is 11.6 Å². The summed E-state index contributed by atoms with van der Waals surface area (Å²) in [5.41, 5.74) is 2.00. The molecular weight excluding hydrogens is 262 g/mol. The SMILES string of the molecule is CCc1nn(CC)c(COCC2CCNCC2)c1Cl. The number of nitrogens with zero attached hydrogens (tertiary/aromatic N) is 2. The normalized spacial score (nSPS) is 17.0. The largest absolute Gasteiger partial charge is 0.375 e. The number of halogens is 1. The summed E-state index contributed by atoms with van der Waals surface area (Å²) in [5, 5.41) is 8.66. The first-order valence-corrected chi connectivity index (χ1v) is 7.66. The Bertz CT molecular complexity index is 400. The predicted molar refractivity (Wildman–Crippen MR) is 77.5 cm³/mol. The van der Waals surface area contributed by atoms with E-state index < -0.39 is 0 Å². The maximum atomic E-state index is 6.36. The lowest BCUT2D eigenvalue weighted by Crippen LogP contribution is -2.30. The van der Waals surface area contributed by atoms with Gasteiger partial charge in [-0.2, -0.15) is 5.10 Å². The van der Waals surface area contributed by atoms with Gasteiger partial charge in [0.25, 0.3) is 0 Å². The van der Waals surface area contributed by atoms with Crippen LogP contribution < -0.4 is 5.32 Å². The molecule has 1 aliphatic rings. The Hall–Kier alpha value is -0.580. The van der Waals surface area contributed by atoms with Gasteiger partial charge in [-0.15, -0.1) is 0 Å². The van der Waals surface area contributed by atoms with Gasteiger partial charge in [-0.25, -0.2) is 0 Å². The number of aryl methyl sites for hydroxylation is 2. The lowest BCUT2D eigenvalue weighted by Gasteiger charge is -2.22. The van der Waals surface area contributed by atoms with Gasteiger partial charge in [-0.3, -0.25) is 4.68 Å². The van der Waals surface area contributed by atoms with Gasteiger partial charge in [0.15, 0.2) is 0 Å². The Kier molecular flexibility index (Phi) is 5.67. The summed E-state index contributed by atoms with van der Waals surface area (Å²) < 4.78 is 7.83. The smallest absolute Gasteiger partial charge is 0.0900 e. The molecule has 1 saturated heterocycles. The fraction of sp³-hybridized carbons (Fsp3) is 0.786. The van der Waals surface area contributed by atoms with Gasteiger partial charge >= 0.3 is 0 Å². The molecule has 0 bridgehead atoms. The summed E-state index contributed by atoms with van der Waals surface area (Å²) >= 11 is 6.36. The Morgan fingerprint density at radius 1 is 1.37 bits per heavy atom. The van der Waals surface area contributed by atoms with Gasteiger partial charge in [0, 0.05) is 6.54 Å². The lowest BCUT2D eigenvalue weighted by molar-refractivity contribution is 0.0722. The van der Waals surface area contributed by atoms with Crippen LogP contribution in [-0.4, -0.2) is 29.5 Å². The molecule has 5 heteroatoms. The highest BCUT2D eigenvalue weighted by molar-refractivity contribution is 6.31. The van der Waals surface area contributed by atoms with Crippen molar-refractivity contribution < 1.29 is 4.74 Å². The number of piperidine rings is 1. The summed E-state index contributed by atoms with van der Waals surface area (Å²) in [5.74, 6) is 0.684. The molecule has 1 N–H and O–H groups in total. The fourth-order valence-electron chi connectivity index (χ4n) is 2.53. The lowest BCUT2D eigenvalue weighted by atomic mass is 9.99. The first-order valence-electron chi connectivity index (χ1n) is 7.28. The first-order chi connectivity index (χ1) is 9.26. The van der Waals surface area contributed by atoms with Crippen molar-refractivity contribution in [2.75, 3.05) is 19.7 Å². The van der Waals surface area contributed by atoms with Gasteiger partial charge in [0.1, 0.15) is 0 Å².